The van der Waals surface area contributed by atoms with Gasteiger partial charge in [0.05, 0.1) is 24.0 Å². The van der Waals surface area contributed by atoms with E-state index in [4.69, 9.17) is 0 Å². The van der Waals surface area contributed by atoms with Crippen LogP contribution in [0.2, 0.25) is 0 Å². The zero-order valence-corrected chi connectivity index (χ0v) is 13.7. The Bertz CT molecular complexity index is 870. The third-order valence-corrected chi connectivity index (χ3v) is 3.80. The van der Waals surface area contributed by atoms with E-state index >= 15 is 0 Å². The molecule has 3 rings (SSSR count). The Morgan fingerprint density at radius 3 is 2.83 bits per heavy atom. The van der Waals surface area contributed by atoms with Crippen LogP contribution in [0.4, 0.5) is 5.69 Å². The molecular formula is C18H20N4O2. The van der Waals surface area contributed by atoms with Gasteiger partial charge in [-0.1, -0.05) is 30.3 Å². The molecule has 0 saturated heterocycles. The van der Waals surface area contributed by atoms with Gasteiger partial charge in [0.1, 0.15) is 5.75 Å². The Labute approximate surface area is 140 Å². The van der Waals surface area contributed by atoms with Crippen LogP contribution in [0.3, 0.4) is 0 Å². The van der Waals surface area contributed by atoms with Gasteiger partial charge >= 0.3 is 0 Å². The van der Waals surface area contributed by atoms with Crippen molar-refractivity contribution >= 4 is 22.4 Å². The van der Waals surface area contributed by atoms with Crippen molar-refractivity contribution in [2.24, 2.45) is 0 Å². The van der Waals surface area contributed by atoms with Crippen LogP contribution < -0.4 is 5.32 Å². The molecule has 0 bridgehead atoms. The quantitative estimate of drug-likeness (QED) is 0.757. The van der Waals surface area contributed by atoms with Crippen LogP contribution in [-0.2, 0) is 6.54 Å². The molecule has 6 heteroatoms. The van der Waals surface area contributed by atoms with E-state index in [1.54, 1.807) is 23.1 Å². The van der Waals surface area contributed by atoms with Crippen LogP contribution in [0.1, 0.15) is 10.4 Å². The number of nitrogens with one attached hydrogen (secondary N) is 1. The molecule has 1 heterocycles. The van der Waals surface area contributed by atoms with Crippen LogP contribution in [0.5, 0.6) is 5.75 Å². The highest BCUT2D eigenvalue weighted by molar-refractivity contribution is 6.14. The van der Waals surface area contributed by atoms with Crippen LogP contribution in [0, 0.1) is 0 Å². The first-order valence-corrected chi connectivity index (χ1v) is 7.74. The van der Waals surface area contributed by atoms with Crippen molar-refractivity contribution in [1.82, 2.24) is 14.7 Å². The number of carbonyl (C=O) groups is 1. The molecule has 0 atom stereocenters. The Kier molecular flexibility index (Phi) is 4.48. The van der Waals surface area contributed by atoms with Crippen LogP contribution in [0.15, 0.2) is 48.8 Å². The van der Waals surface area contributed by atoms with E-state index in [2.05, 4.69) is 15.3 Å². The van der Waals surface area contributed by atoms with Crippen molar-refractivity contribution in [2.75, 3.05) is 26.0 Å². The summed E-state index contributed by atoms with van der Waals surface area (Å²) in [5, 5.41) is 18.8. The molecule has 0 aliphatic heterocycles. The average Bonchev–Trinajstić information content (AvgIpc) is 3.00. The minimum absolute atomic E-state index is 0.0359. The van der Waals surface area contributed by atoms with Crippen molar-refractivity contribution in [1.29, 1.82) is 0 Å². The first-order valence-electron chi connectivity index (χ1n) is 7.74. The number of phenolic OH excluding ortho intramolecular Hbond substituents is 1. The molecule has 0 radical (unpaired) electrons. The molecule has 1 aromatic heterocycles. The Morgan fingerprint density at radius 2 is 2.04 bits per heavy atom. The van der Waals surface area contributed by atoms with Gasteiger partial charge in [0.25, 0.3) is 5.91 Å². The number of hydrogen-bond donors (Lipinski definition) is 2. The fourth-order valence-corrected chi connectivity index (χ4v) is 2.55. The smallest absolute Gasteiger partial charge is 0.260 e. The number of hydrogen-bond acceptors (Lipinski definition) is 4. The molecule has 0 fully saturated rings. The maximum Gasteiger partial charge on any atom is 0.260 e. The Balaban J connectivity index is 1.82. The number of nitrogens with zero attached hydrogens (tertiary/aromatic N) is 3. The second-order valence-electron chi connectivity index (χ2n) is 5.93. The first-order chi connectivity index (χ1) is 11.5. The largest absolute Gasteiger partial charge is 0.507 e. The summed E-state index contributed by atoms with van der Waals surface area (Å²) in [7, 11) is 3.99. The SMILES string of the molecule is CN(C)CCn1cc(NC(=O)c2c(O)ccc3ccccc23)cn1. The lowest BCUT2D eigenvalue weighted by atomic mass is 10.0. The minimum atomic E-state index is -0.351. The summed E-state index contributed by atoms with van der Waals surface area (Å²) >= 11 is 0. The number of carbonyl (C=O) groups excluding carboxylic acids is 1. The topological polar surface area (TPSA) is 70.4 Å². The fourth-order valence-electron chi connectivity index (χ4n) is 2.55. The number of aromatic nitrogens is 2. The van der Waals surface area contributed by atoms with Gasteiger partial charge < -0.3 is 15.3 Å². The maximum atomic E-state index is 12.6. The second-order valence-corrected chi connectivity index (χ2v) is 5.93. The molecule has 2 N–H and O–H groups in total. The highest BCUT2D eigenvalue weighted by Gasteiger charge is 2.16. The van der Waals surface area contributed by atoms with E-state index in [0.29, 0.717) is 5.69 Å². The standard InChI is InChI=1S/C18H20N4O2/c1-21(2)9-10-22-12-14(11-19-22)20-18(24)17-15-6-4-3-5-13(15)7-8-16(17)23/h3-8,11-12,23H,9-10H2,1-2H3,(H,20,24). The Hall–Kier alpha value is -2.86. The predicted molar refractivity (Wildman–Crippen MR) is 94.3 cm³/mol. The van der Waals surface area contributed by atoms with Crippen molar-refractivity contribution in [3.63, 3.8) is 0 Å². The number of phenols is 1. The summed E-state index contributed by atoms with van der Waals surface area (Å²) < 4.78 is 1.78. The van der Waals surface area contributed by atoms with Crippen LogP contribution in [0.25, 0.3) is 10.8 Å². The lowest BCUT2D eigenvalue weighted by Crippen LogP contribution is -2.18. The summed E-state index contributed by atoms with van der Waals surface area (Å²) in [5.41, 5.74) is 0.875. The van der Waals surface area contributed by atoms with Crippen molar-refractivity contribution < 1.29 is 9.90 Å². The summed E-state index contributed by atoms with van der Waals surface area (Å²) in [4.78, 5) is 14.7. The number of aromatic hydroxyl groups is 1. The van der Waals surface area contributed by atoms with Gasteiger partial charge in [0.15, 0.2) is 0 Å². The fraction of sp³-hybridized carbons (Fsp3) is 0.222. The van der Waals surface area contributed by atoms with Gasteiger partial charge in [-0.25, -0.2) is 0 Å². The van der Waals surface area contributed by atoms with Crippen LogP contribution >= 0.6 is 0 Å². The first kappa shape index (κ1) is 16.0. The molecule has 0 aliphatic carbocycles. The van der Waals surface area contributed by atoms with Crippen molar-refractivity contribution in [3.05, 3.63) is 54.4 Å². The van der Waals surface area contributed by atoms with Crippen molar-refractivity contribution in [3.8, 4) is 5.75 Å². The molecule has 0 saturated carbocycles. The number of likely N-dealkylation sites (N-methyl/N-ethyl adjacent to an activating group) is 1. The maximum absolute atomic E-state index is 12.6. The van der Waals surface area contributed by atoms with Gasteiger partial charge in [-0.05, 0) is 30.9 Å². The van der Waals surface area contributed by atoms with Gasteiger partial charge in [-0.2, -0.15) is 5.10 Å². The molecule has 0 spiro atoms. The average molecular weight is 324 g/mol. The monoisotopic (exact) mass is 324 g/mol. The normalized spacial score (nSPS) is 11.1. The molecule has 1 amide bonds. The number of fused-ring (bicyclic) bond motifs is 1. The summed E-state index contributed by atoms with van der Waals surface area (Å²) in [5.74, 6) is -0.386. The predicted octanol–water partition coefficient (Wildman–Crippen LogP) is 2.56. The minimum Gasteiger partial charge on any atom is -0.507 e. The van der Waals surface area contributed by atoms with Crippen molar-refractivity contribution in [2.45, 2.75) is 6.54 Å². The lowest BCUT2D eigenvalue weighted by Gasteiger charge is -2.09. The van der Waals surface area contributed by atoms with E-state index < -0.39 is 0 Å². The van der Waals surface area contributed by atoms with E-state index in [9.17, 15) is 9.90 Å². The number of amides is 1. The molecule has 2 aromatic carbocycles. The van der Waals surface area contributed by atoms with E-state index in [1.807, 2.05) is 38.4 Å². The summed E-state index contributed by atoms with van der Waals surface area (Å²) in [6.07, 6.45) is 3.39. The zero-order chi connectivity index (χ0) is 17.1. The van der Waals surface area contributed by atoms with Gasteiger partial charge in [0.2, 0.25) is 0 Å². The molecule has 24 heavy (non-hydrogen) atoms. The molecular weight excluding hydrogens is 304 g/mol. The lowest BCUT2D eigenvalue weighted by molar-refractivity contribution is 0.102. The van der Waals surface area contributed by atoms with Gasteiger partial charge in [0, 0.05) is 12.7 Å². The van der Waals surface area contributed by atoms with E-state index in [1.165, 1.54) is 6.07 Å². The molecule has 0 aliphatic rings. The summed E-state index contributed by atoms with van der Waals surface area (Å²) in [6.45, 7) is 1.60. The van der Waals surface area contributed by atoms with E-state index in [-0.39, 0.29) is 17.2 Å². The van der Waals surface area contributed by atoms with E-state index in [0.717, 1.165) is 23.9 Å². The molecule has 0 unspecified atom stereocenters. The van der Waals surface area contributed by atoms with Gasteiger partial charge in [-0.3, -0.25) is 9.48 Å². The number of rotatable bonds is 5. The van der Waals surface area contributed by atoms with Crippen LogP contribution in [-0.4, -0.2) is 46.3 Å². The van der Waals surface area contributed by atoms with Gasteiger partial charge in [-0.15, -0.1) is 0 Å². The second kappa shape index (κ2) is 6.72. The molecule has 124 valence electrons. The summed E-state index contributed by atoms with van der Waals surface area (Å²) in [6, 6.07) is 10.8. The number of anilines is 1. The molecule has 6 nitrogen and oxygen atoms in total. The number of benzene rings is 2. The third-order valence-electron chi connectivity index (χ3n) is 3.80. The highest BCUT2D eigenvalue weighted by Crippen LogP contribution is 2.27. The zero-order valence-electron chi connectivity index (χ0n) is 13.7. The third kappa shape index (κ3) is 3.38. The highest BCUT2D eigenvalue weighted by atomic mass is 16.3. The Morgan fingerprint density at radius 1 is 1.25 bits per heavy atom. The molecule has 3 aromatic rings.